The minimum absolute atomic E-state index is 0.610. The Morgan fingerprint density at radius 2 is 2.10 bits per heavy atom. The number of likely N-dealkylation sites (N-methyl/N-ethyl adjacent to an activating group) is 1. The first-order chi connectivity index (χ1) is 10.1. The van der Waals surface area contributed by atoms with E-state index in [9.17, 15) is 0 Å². The second-order valence-corrected chi connectivity index (χ2v) is 6.17. The van der Waals surface area contributed by atoms with Gasteiger partial charge in [0.05, 0.1) is 0 Å². The molecule has 0 radical (unpaired) electrons. The average molecular weight is 306 g/mol. The number of rotatable bonds is 8. The number of nitrogens with one attached hydrogen (secondary N) is 1. The highest BCUT2D eigenvalue weighted by atomic mass is 32.1. The zero-order valence-corrected chi connectivity index (χ0v) is 13.3. The molecule has 5 nitrogen and oxygen atoms in total. The Bertz CT molecular complexity index is 556. The highest BCUT2D eigenvalue weighted by molar-refractivity contribution is 7.15. The number of aromatic nitrogens is 1. The van der Waals surface area contributed by atoms with Crippen LogP contribution in [0.25, 0.3) is 0 Å². The van der Waals surface area contributed by atoms with Gasteiger partial charge in [0.15, 0.2) is 5.13 Å². The van der Waals surface area contributed by atoms with Crippen molar-refractivity contribution in [2.24, 2.45) is 0 Å². The molecule has 0 saturated heterocycles. The summed E-state index contributed by atoms with van der Waals surface area (Å²) in [5, 5.41) is 4.01. The maximum atomic E-state index is 5.84. The van der Waals surface area contributed by atoms with Gasteiger partial charge in [-0.25, -0.2) is 4.98 Å². The summed E-state index contributed by atoms with van der Waals surface area (Å²) >= 11 is 1.51. The fourth-order valence-corrected chi connectivity index (χ4v) is 2.51. The molecule has 0 aliphatic carbocycles. The summed E-state index contributed by atoms with van der Waals surface area (Å²) in [6, 6.07) is 8.12. The van der Waals surface area contributed by atoms with Gasteiger partial charge in [0, 0.05) is 36.3 Å². The van der Waals surface area contributed by atoms with Gasteiger partial charge in [-0.1, -0.05) is 18.2 Å². The first-order valence-corrected chi connectivity index (χ1v) is 7.73. The number of anilines is 1. The van der Waals surface area contributed by atoms with Crippen molar-refractivity contribution in [2.75, 3.05) is 33.0 Å². The maximum absolute atomic E-state index is 5.84. The van der Waals surface area contributed by atoms with E-state index in [1.165, 1.54) is 11.3 Å². The van der Waals surface area contributed by atoms with E-state index in [-0.39, 0.29) is 0 Å². The van der Waals surface area contributed by atoms with E-state index in [1.54, 1.807) is 0 Å². The second kappa shape index (κ2) is 7.97. The van der Waals surface area contributed by atoms with Gasteiger partial charge in [-0.2, -0.15) is 0 Å². The average Bonchev–Trinajstić information content (AvgIpc) is 2.86. The molecular formula is C15H22N4OS. The molecule has 0 fully saturated rings. The van der Waals surface area contributed by atoms with Gasteiger partial charge < -0.3 is 20.7 Å². The first kappa shape index (κ1) is 15.8. The summed E-state index contributed by atoms with van der Waals surface area (Å²) in [7, 11) is 4.08. The Balaban J connectivity index is 1.84. The largest absolute Gasteiger partial charge is 0.492 e. The fraction of sp³-hybridized carbons (Fsp3) is 0.400. The van der Waals surface area contributed by atoms with Crippen molar-refractivity contribution in [3.05, 3.63) is 40.9 Å². The third kappa shape index (κ3) is 5.34. The predicted molar refractivity (Wildman–Crippen MR) is 87.6 cm³/mol. The van der Waals surface area contributed by atoms with Crippen LogP contribution in [0.5, 0.6) is 5.75 Å². The smallest absolute Gasteiger partial charge is 0.180 e. The van der Waals surface area contributed by atoms with Crippen molar-refractivity contribution < 1.29 is 4.74 Å². The number of hydrogen-bond acceptors (Lipinski definition) is 6. The SMILES string of the molecule is CN(C)CCOc1ccccc1CNCc1cnc(N)s1. The van der Waals surface area contributed by atoms with Crippen LogP contribution in [0.15, 0.2) is 30.5 Å². The van der Waals surface area contributed by atoms with Crippen LogP contribution in [-0.4, -0.2) is 37.1 Å². The Kier molecular flexibility index (Phi) is 5.98. The number of hydrogen-bond donors (Lipinski definition) is 2. The minimum Gasteiger partial charge on any atom is -0.492 e. The molecule has 0 unspecified atom stereocenters. The number of thiazole rings is 1. The van der Waals surface area contributed by atoms with Gasteiger partial charge >= 0.3 is 0 Å². The molecule has 0 atom stereocenters. The van der Waals surface area contributed by atoms with E-state index in [2.05, 4.69) is 21.3 Å². The number of nitrogens with two attached hydrogens (primary N) is 1. The predicted octanol–water partition coefficient (Wildman–Crippen LogP) is 1.96. The van der Waals surface area contributed by atoms with E-state index in [4.69, 9.17) is 10.5 Å². The lowest BCUT2D eigenvalue weighted by Crippen LogP contribution is -2.20. The molecule has 1 heterocycles. The molecular weight excluding hydrogens is 284 g/mol. The van der Waals surface area contributed by atoms with Crippen molar-refractivity contribution in [3.63, 3.8) is 0 Å². The fourth-order valence-electron chi connectivity index (χ4n) is 1.85. The van der Waals surface area contributed by atoms with Crippen molar-refractivity contribution in [1.82, 2.24) is 15.2 Å². The van der Waals surface area contributed by atoms with Gasteiger partial charge in [-0.15, -0.1) is 11.3 Å². The molecule has 0 spiro atoms. The van der Waals surface area contributed by atoms with Gasteiger partial charge in [0.25, 0.3) is 0 Å². The highest BCUT2D eigenvalue weighted by Gasteiger charge is 2.04. The normalized spacial score (nSPS) is 11.0. The van der Waals surface area contributed by atoms with Crippen molar-refractivity contribution >= 4 is 16.5 Å². The molecule has 21 heavy (non-hydrogen) atoms. The number of para-hydroxylation sites is 1. The molecule has 6 heteroatoms. The van der Waals surface area contributed by atoms with Crippen LogP contribution in [0.4, 0.5) is 5.13 Å². The maximum Gasteiger partial charge on any atom is 0.180 e. The lowest BCUT2D eigenvalue weighted by molar-refractivity contribution is 0.259. The lowest BCUT2D eigenvalue weighted by Gasteiger charge is -2.14. The number of benzene rings is 1. The first-order valence-electron chi connectivity index (χ1n) is 6.91. The summed E-state index contributed by atoms with van der Waals surface area (Å²) in [5.41, 5.74) is 6.78. The van der Waals surface area contributed by atoms with Gasteiger partial charge in [0.1, 0.15) is 12.4 Å². The minimum atomic E-state index is 0.610. The molecule has 2 rings (SSSR count). The number of nitrogen functional groups attached to an aromatic ring is 1. The number of nitrogens with zero attached hydrogens (tertiary/aromatic N) is 2. The Hall–Kier alpha value is -1.63. The summed E-state index contributed by atoms with van der Waals surface area (Å²) in [6.45, 7) is 3.12. The molecule has 0 saturated carbocycles. The molecule has 1 aromatic carbocycles. The van der Waals surface area contributed by atoms with Crippen molar-refractivity contribution in [2.45, 2.75) is 13.1 Å². The van der Waals surface area contributed by atoms with E-state index < -0.39 is 0 Å². The molecule has 114 valence electrons. The van der Waals surface area contributed by atoms with Crippen LogP contribution in [0.3, 0.4) is 0 Å². The van der Waals surface area contributed by atoms with Gasteiger partial charge in [-0.05, 0) is 20.2 Å². The third-order valence-corrected chi connectivity index (χ3v) is 3.78. The van der Waals surface area contributed by atoms with Crippen LogP contribution in [0.1, 0.15) is 10.4 Å². The molecule has 0 bridgehead atoms. The van der Waals surface area contributed by atoms with E-state index in [1.807, 2.05) is 38.5 Å². The third-order valence-electron chi connectivity index (χ3n) is 2.95. The zero-order valence-electron chi connectivity index (χ0n) is 12.5. The monoisotopic (exact) mass is 306 g/mol. The zero-order chi connectivity index (χ0) is 15.1. The molecule has 0 amide bonds. The summed E-state index contributed by atoms with van der Waals surface area (Å²) in [6.07, 6.45) is 1.81. The van der Waals surface area contributed by atoms with Crippen LogP contribution in [-0.2, 0) is 13.1 Å². The quantitative estimate of drug-likeness (QED) is 0.780. The highest BCUT2D eigenvalue weighted by Crippen LogP contribution is 2.18. The standard InChI is InChI=1S/C15H22N4OS/c1-19(2)7-8-20-14-6-4-3-5-12(14)9-17-10-13-11-18-15(16)21-13/h3-6,11,17H,7-10H2,1-2H3,(H2,16,18). The Labute approximate surface area is 129 Å². The van der Waals surface area contributed by atoms with Crippen LogP contribution in [0.2, 0.25) is 0 Å². The molecule has 1 aromatic heterocycles. The summed E-state index contributed by atoms with van der Waals surface area (Å²) < 4.78 is 5.84. The van der Waals surface area contributed by atoms with Crippen LogP contribution in [0, 0.1) is 0 Å². The summed E-state index contributed by atoms with van der Waals surface area (Å²) in [4.78, 5) is 7.29. The van der Waals surface area contributed by atoms with Gasteiger partial charge in [-0.3, -0.25) is 0 Å². The second-order valence-electron chi connectivity index (χ2n) is 5.03. The van der Waals surface area contributed by atoms with E-state index in [0.29, 0.717) is 11.7 Å². The Morgan fingerprint density at radius 3 is 2.81 bits per heavy atom. The lowest BCUT2D eigenvalue weighted by atomic mass is 10.2. The molecule has 0 aliphatic rings. The summed E-state index contributed by atoms with van der Waals surface area (Å²) in [5.74, 6) is 0.940. The van der Waals surface area contributed by atoms with E-state index >= 15 is 0 Å². The van der Waals surface area contributed by atoms with E-state index in [0.717, 1.165) is 35.8 Å². The number of ether oxygens (including phenoxy) is 1. The van der Waals surface area contributed by atoms with Crippen molar-refractivity contribution in [3.8, 4) is 5.75 Å². The molecule has 2 aromatic rings. The Morgan fingerprint density at radius 1 is 1.29 bits per heavy atom. The molecule has 0 aliphatic heterocycles. The molecule has 3 N–H and O–H groups in total. The van der Waals surface area contributed by atoms with Crippen molar-refractivity contribution in [1.29, 1.82) is 0 Å². The topological polar surface area (TPSA) is 63.4 Å². The van der Waals surface area contributed by atoms with Crippen LogP contribution < -0.4 is 15.8 Å². The van der Waals surface area contributed by atoms with Crippen LogP contribution >= 0.6 is 11.3 Å². The van der Waals surface area contributed by atoms with Gasteiger partial charge in [0.2, 0.25) is 0 Å².